The molecule has 5 nitrogen and oxygen atoms in total. The zero-order chi connectivity index (χ0) is 21.2. The third kappa shape index (κ3) is 7.54. The van der Waals surface area contributed by atoms with Gasteiger partial charge in [-0.15, -0.1) is 0 Å². The Morgan fingerprint density at radius 1 is 1.17 bits per heavy atom. The van der Waals surface area contributed by atoms with Crippen LogP contribution in [-0.4, -0.2) is 35.9 Å². The van der Waals surface area contributed by atoms with E-state index in [9.17, 15) is 9.59 Å². The van der Waals surface area contributed by atoms with Crippen molar-refractivity contribution in [2.45, 2.75) is 46.2 Å². The molecule has 2 rings (SSSR count). The second kappa shape index (κ2) is 11.6. The molecule has 0 fully saturated rings. The van der Waals surface area contributed by atoms with Crippen molar-refractivity contribution in [1.29, 1.82) is 0 Å². The molecule has 0 aliphatic carbocycles. The summed E-state index contributed by atoms with van der Waals surface area (Å²) in [6.45, 7) is 7.03. The molecule has 29 heavy (non-hydrogen) atoms. The highest BCUT2D eigenvalue weighted by molar-refractivity contribution is 9.10. The maximum Gasteiger partial charge on any atom is 0.242 e. The van der Waals surface area contributed by atoms with Crippen LogP contribution in [0.25, 0.3) is 0 Å². The molecule has 0 bridgehead atoms. The number of amides is 2. The summed E-state index contributed by atoms with van der Waals surface area (Å²) >= 11 is 3.46. The number of hydrogen-bond acceptors (Lipinski definition) is 3. The van der Waals surface area contributed by atoms with Crippen molar-refractivity contribution in [3.8, 4) is 5.75 Å². The molecule has 0 radical (unpaired) electrons. The van der Waals surface area contributed by atoms with E-state index in [1.807, 2.05) is 62.4 Å². The monoisotopic (exact) mass is 460 g/mol. The van der Waals surface area contributed by atoms with E-state index < -0.39 is 6.04 Å². The van der Waals surface area contributed by atoms with Crippen LogP contribution < -0.4 is 10.1 Å². The number of rotatable bonds is 10. The number of carbonyl (C=O) groups is 2. The summed E-state index contributed by atoms with van der Waals surface area (Å²) in [6, 6.07) is 15.1. The lowest BCUT2D eigenvalue weighted by atomic mass is 10.1. The van der Waals surface area contributed by atoms with Gasteiger partial charge in [-0.3, -0.25) is 9.59 Å². The quantitative estimate of drug-likeness (QED) is 0.532. The molecule has 1 N–H and O–H groups in total. The third-order valence-corrected chi connectivity index (χ3v) is 5.08. The van der Waals surface area contributed by atoms with Crippen molar-refractivity contribution >= 4 is 27.7 Å². The lowest BCUT2D eigenvalue weighted by Crippen LogP contribution is -2.47. The summed E-state index contributed by atoms with van der Waals surface area (Å²) < 4.78 is 6.66. The summed E-state index contributed by atoms with van der Waals surface area (Å²) in [5.74, 6) is 0.590. The third-order valence-electron chi connectivity index (χ3n) is 4.58. The number of nitrogens with one attached hydrogen (secondary N) is 1. The maximum atomic E-state index is 12.9. The molecule has 2 amide bonds. The number of nitrogens with zero attached hydrogens (tertiary/aromatic N) is 1. The fourth-order valence-electron chi connectivity index (χ4n) is 2.93. The Labute approximate surface area is 181 Å². The van der Waals surface area contributed by atoms with Gasteiger partial charge in [-0.05, 0) is 57.0 Å². The van der Waals surface area contributed by atoms with Crippen LogP contribution in [0.5, 0.6) is 5.75 Å². The minimum absolute atomic E-state index is 0.0590. The normalized spacial score (nSPS) is 11.6. The highest BCUT2D eigenvalue weighted by Gasteiger charge is 2.25. The zero-order valence-electron chi connectivity index (χ0n) is 17.3. The highest BCUT2D eigenvalue weighted by atomic mass is 79.9. The van der Waals surface area contributed by atoms with Crippen molar-refractivity contribution in [2.24, 2.45) is 0 Å². The SMILES string of the molecule is CCNC(=O)C(C)N(Cc1cccc(Br)c1)C(=O)CCCOc1ccc(C)cc1. The smallest absolute Gasteiger partial charge is 0.242 e. The van der Waals surface area contributed by atoms with Gasteiger partial charge in [0.25, 0.3) is 0 Å². The predicted molar refractivity (Wildman–Crippen MR) is 119 cm³/mol. The van der Waals surface area contributed by atoms with Gasteiger partial charge in [0, 0.05) is 24.0 Å². The number of aryl methyl sites for hydroxylation is 1. The van der Waals surface area contributed by atoms with Crippen LogP contribution >= 0.6 is 15.9 Å². The van der Waals surface area contributed by atoms with E-state index >= 15 is 0 Å². The molecular weight excluding hydrogens is 432 g/mol. The van der Waals surface area contributed by atoms with E-state index in [2.05, 4.69) is 21.2 Å². The van der Waals surface area contributed by atoms with Gasteiger partial charge in [-0.1, -0.05) is 45.8 Å². The molecular formula is C23H29BrN2O3. The Morgan fingerprint density at radius 2 is 1.90 bits per heavy atom. The highest BCUT2D eigenvalue weighted by Crippen LogP contribution is 2.17. The van der Waals surface area contributed by atoms with Crippen molar-refractivity contribution < 1.29 is 14.3 Å². The van der Waals surface area contributed by atoms with Gasteiger partial charge in [0.2, 0.25) is 11.8 Å². The summed E-state index contributed by atoms with van der Waals surface area (Å²) in [5, 5.41) is 2.80. The number of ether oxygens (including phenoxy) is 1. The fraction of sp³-hybridized carbons (Fsp3) is 0.391. The Morgan fingerprint density at radius 3 is 2.55 bits per heavy atom. The lowest BCUT2D eigenvalue weighted by molar-refractivity contribution is -0.140. The van der Waals surface area contributed by atoms with Crippen LogP contribution in [0.4, 0.5) is 0 Å². The minimum Gasteiger partial charge on any atom is -0.494 e. The van der Waals surface area contributed by atoms with E-state index in [0.29, 0.717) is 32.5 Å². The van der Waals surface area contributed by atoms with E-state index in [1.54, 1.807) is 11.8 Å². The van der Waals surface area contributed by atoms with Crippen LogP contribution in [-0.2, 0) is 16.1 Å². The topological polar surface area (TPSA) is 58.6 Å². The first-order valence-corrected chi connectivity index (χ1v) is 10.7. The van der Waals surface area contributed by atoms with Gasteiger partial charge in [-0.25, -0.2) is 0 Å². The minimum atomic E-state index is -0.542. The molecule has 2 aromatic carbocycles. The maximum absolute atomic E-state index is 12.9. The Balaban J connectivity index is 1.97. The van der Waals surface area contributed by atoms with Crippen LogP contribution in [0.2, 0.25) is 0 Å². The van der Waals surface area contributed by atoms with E-state index in [4.69, 9.17) is 4.74 Å². The Bertz CT molecular complexity index is 808. The Kier molecular flexibility index (Phi) is 9.19. The lowest BCUT2D eigenvalue weighted by Gasteiger charge is -2.29. The first kappa shape index (κ1) is 22.9. The molecule has 0 saturated heterocycles. The summed E-state index contributed by atoms with van der Waals surface area (Å²) in [5.41, 5.74) is 2.15. The predicted octanol–water partition coefficient (Wildman–Crippen LogP) is 4.47. The van der Waals surface area contributed by atoms with E-state index in [-0.39, 0.29) is 11.8 Å². The van der Waals surface area contributed by atoms with Crippen LogP contribution in [0.1, 0.15) is 37.8 Å². The van der Waals surface area contributed by atoms with Crippen LogP contribution in [0.3, 0.4) is 0 Å². The zero-order valence-corrected chi connectivity index (χ0v) is 18.9. The summed E-state index contributed by atoms with van der Waals surface area (Å²) in [6.07, 6.45) is 0.910. The molecule has 6 heteroatoms. The number of halogens is 1. The largest absolute Gasteiger partial charge is 0.494 e. The Hall–Kier alpha value is -2.34. The standard InChI is InChI=1S/C23H29BrN2O3/c1-4-25-23(28)18(3)26(16-19-7-5-8-20(24)15-19)22(27)9-6-14-29-21-12-10-17(2)11-13-21/h5,7-8,10-13,15,18H,4,6,9,14,16H2,1-3H3,(H,25,28). The number of benzene rings is 2. The molecule has 156 valence electrons. The molecule has 0 heterocycles. The van der Waals surface area contributed by atoms with Crippen molar-refractivity contribution in [3.63, 3.8) is 0 Å². The second-order valence-electron chi connectivity index (χ2n) is 6.99. The van der Waals surface area contributed by atoms with Gasteiger partial charge in [0.15, 0.2) is 0 Å². The van der Waals surface area contributed by atoms with Crippen molar-refractivity contribution in [1.82, 2.24) is 10.2 Å². The van der Waals surface area contributed by atoms with Gasteiger partial charge >= 0.3 is 0 Å². The number of hydrogen-bond donors (Lipinski definition) is 1. The van der Waals surface area contributed by atoms with Crippen molar-refractivity contribution in [3.05, 3.63) is 64.1 Å². The van der Waals surface area contributed by atoms with Gasteiger partial charge in [-0.2, -0.15) is 0 Å². The molecule has 0 spiro atoms. The van der Waals surface area contributed by atoms with Gasteiger partial charge in [0.05, 0.1) is 6.61 Å². The molecule has 0 aliphatic heterocycles. The van der Waals surface area contributed by atoms with E-state index in [0.717, 1.165) is 15.8 Å². The van der Waals surface area contributed by atoms with E-state index in [1.165, 1.54) is 5.56 Å². The summed E-state index contributed by atoms with van der Waals surface area (Å²) in [4.78, 5) is 26.9. The average molecular weight is 461 g/mol. The average Bonchev–Trinajstić information content (AvgIpc) is 2.70. The summed E-state index contributed by atoms with van der Waals surface area (Å²) in [7, 11) is 0. The van der Waals surface area contributed by atoms with Crippen molar-refractivity contribution in [2.75, 3.05) is 13.2 Å². The van der Waals surface area contributed by atoms with Gasteiger partial charge in [0.1, 0.15) is 11.8 Å². The van der Waals surface area contributed by atoms with Crippen LogP contribution in [0, 0.1) is 6.92 Å². The fourth-order valence-corrected chi connectivity index (χ4v) is 3.37. The molecule has 1 atom stereocenters. The van der Waals surface area contributed by atoms with Crippen LogP contribution in [0.15, 0.2) is 53.0 Å². The molecule has 0 aromatic heterocycles. The first-order chi connectivity index (χ1) is 13.9. The van der Waals surface area contributed by atoms with Gasteiger partial charge < -0.3 is 15.0 Å². The number of carbonyl (C=O) groups excluding carboxylic acids is 2. The number of likely N-dealkylation sites (N-methyl/N-ethyl adjacent to an activating group) is 1. The second-order valence-corrected chi connectivity index (χ2v) is 7.90. The molecule has 0 aliphatic rings. The molecule has 0 saturated carbocycles. The first-order valence-electron chi connectivity index (χ1n) is 9.91. The molecule has 1 unspecified atom stereocenters. The molecule has 2 aromatic rings.